The van der Waals surface area contributed by atoms with Gasteiger partial charge in [0.05, 0.1) is 12.2 Å². The number of aryl methyl sites for hydroxylation is 1. The molecule has 0 spiro atoms. The number of hydrogen-bond acceptors (Lipinski definition) is 3. The van der Waals surface area contributed by atoms with Crippen molar-refractivity contribution in [2.24, 2.45) is 0 Å². The fourth-order valence-electron chi connectivity index (χ4n) is 3.32. The molecule has 0 fully saturated rings. The van der Waals surface area contributed by atoms with Gasteiger partial charge in [-0.05, 0) is 43.0 Å². The van der Waals surface area contributed by atoms with E-state index in [-0.39, 0.29) is 5.91 Å². The number of nitrogens with two attached hydrogens (primary N) is 1. The van der Waals surface area contributed by atoms with Crippen molar-refractivity contribution >= 4 is 17.3 Å². The molecule has 2 aromatic carbocycles. The summed E-state index contributed by atoms with van der Waals surface area (Å²) in [6.45, 7) is 6.54. The molecule has 0 aromatic heterocycles. The van der Waals surface area contributed by atoms with Gasteiger partial charge in [0.1, 0.15) is 11.4 Å². The van der Waals surface area contributed by atoms with E-state index in [4.69, 9.17) is 10.5 Å². The van der Waals surface area contributed by atoms with E-state index in [1.807, 2.05) is 44.2 Å². The molecular formula is C20H24N2O2. The summed E-state index contributed by atoms with van der Waals surface area (Å²) in [6.07, 6.45) is 1.25. The zero-order valence-electron chi connectivity index (χ0n) is 14.5. The number of anilines is 2. The zero-order chi connectivity index (χ0) is 17.3. The number of carbonyl (C=O) groups excluding carboxylic acids is 1. The number of ether oxygens (including phenoxy) is 1. The van der Waals surface area contributed by atoms with Gasteiger partial charge in [-0.15, -0.1) is 0 Å². The lowest BCUT2D eigenvalue weighted by Crippen LogP contribution is -2.55. The Balaban J connectivity index is 2.12. The molecule has 24 heavy (non-hydrogen) atoms. The quantitative estimate of drug-likeness (QED) is 0.863. The van der Waals surface area contributed by atoms with E-state index in [1.54, 1.807) is 4.90 Å². The van der Waals surface area contributed by atoms with Gasteiger partial charge in [-0.2, -0.15) is 0 Å². The summed E-state index contributed by atoms with van der Waals surface area (Å²) in [5.41, 5.74) is 8.89. The first-order valence-electron chi connectivity index (χ1n) is 8.46. The lowest BCUT2D eigenvalue weighted by molar-refractivity contribution is -0.136. The number of carbonyl (C=O) groups is 1. The highest BCUT2D eigenvalue weighted by molar-refractivity contribution is 6.05. The van der Waals surface area contributed by atoms with Crippen LogP contribution in [0.4, 0.5) is 11.4 Å². The smallest absolute Gasteiger partial charge is 0.271 e. The number of nitrogen functional groups attached to an aromatic ring is 1. The third kappa shape index (κ3) is 2.52. The number of nitrogens with zero attached hydrogens (tertiary/aromatic N) is 1. The number of para-hydroxylation sites is 1. The van der Waals surface area contributed by atoms with Gasteiger partial charge < -0.3 is 10.5 Å². The zero-order valence-corrected chi connectivity index (χ0v) is 14.5. The van der Waals surface area contributed by atoms with Crippen LogP contribution in [0.5, 0.6) is 5.75 Å². The minimum atomic E-state index is -0.816. The Morgan fingerprint density at radius 2 is 1.79 bits per heavy atom. The molecule has 0 saturated heterocycles. The SMILES string of the molecule is CCC1(CC)Oc2cccc(N)c2N(Cc2ccccc2C)C1=O. The standard InChI is InChI=1S/C20H24N2O2/c1-4-20(5-2)19(23)22(13-15-10-7-6-9-14(15)3)18-16(21)11-8-12-17(18)24-20/h6-12H,4-5,13,21H2,1-3H3. The summed E-state index contributed by atoms with van der Waals surface area (Å²) >= 11 is 0. The Kier molecular flexibility index (Phi) is 4.22. The Bertz CT molecular complexity index is 766. The Labute approximate surface area is 143 Å². The van der Waals surface area contributed by atoms with E-state index in [1.165, 1.54) is 0 Å². The first-order valence-corrected chi connectivity index (χ1v) is 8.46. The van der Waals surface area contributed by atoms with Crippen LogP contribution in [-0.2, 0) is 11.3 Å². The molecule has 3 rings (SSSR count). The molecule has 0 aliphatic carbocycles. The van der Waals surface area contributed by atoms with Gasteiger partial charge >= 0.3 is 0 Å². The molecular weight excluding hydrogens is 300 g/mol. The van der Waals surface area contributed by atoms with E-state index in [0.29, 0.717) is 36.5 Å². The van der Waals surface area contributed by atoms with Crippen LogP contribution in [0.3, 0.4) is 0 Å². The van der Waals surface area contributed by atoms with Crippen LogP contribution in [0.25, 0.3) is 0 Å². The molecule has 4 nitrogen and oxygen atoms in total. The average Bonchev–Trinajstić information content (AvgIpc) is 2.59. The number of rotatable bonds is 4. The highest BCUT2D eigenvalue weighted by atomic mass is 16.5. The summed E-state index contributed by atoms with van der Waals surface area (Å²) in [5.74, 6) is 0.674. The molecule has 0 saturated carbocycles. The number of amides is 1. The molecule has 0 radical (unpaired) electrons. The van der Waals surface area contributed by atoms with Crippen LogP contribution in [0, 0.1) is 6.92 Å². The van der Waals surface area contributed by atoms with E-state index < -0.39 is 5.60 Å². The fourth-order valence-corrected chi connectivity index (χ4v) is 3.32. The van der Waals surface area contributed by atoms with Crippen molar-refractivity contribution < 1.29 is 9.53 Å². The van der Waals surface area contributed by atoms with Crippen LogP contribution >= 0.6 is 0 Å². The Morgan fingerprint density at radius 3 is 2.46 bits per heavy atom. The second kappa shape index (κ2) is 6.19. The van der Waals surface area contributed by atoms with Crippen molar-refractivity contribution in [3.63, 3.8) is 0 Å². The van der Waals surface area contributed by atoms with Crippen molar-refractivity contribution in [2.75, 3.05) is 10.6 Å². The number of benzene rings is 2. The second-order valence-electron chi connectivity index (χ2n) is 6.32. The van der Waals surface area contributed by atoms with Crippen molar-refractivity contribution in [3.05, 3.63) is 53.6 Å². The normalized spacial score (nSPS) is 15.8. The second-order valence-corrected chi connectivity index (χ2v) is 6.32. The first-order chi connectivity index (χ1) is 11.5. The van der Waals surface area contributed by atoms with Gasteiger partial charge in [0.15, 0.2) is 5.60 Å². The molecule has 126 valence electrons. The molecule has 2 N–H and O–H groups in total. The van der Waals surface area contributed by atoms with Crippen molar-refractivity contribution in [3.8, 4) is 5.75 Å². The molecule has 0 bridgehead atoms. The molecule has 1 aliphatic rings. The molecule has 0 unspecified atom stereocenters. The van der Waals surface area contributed by atoms with Crippen LogP contribution in [0.2, 0.25) is 0 Å². The Hall–Kier alpha value is -2.49. The van der Waals surface area contributed by atoms with E-state index >= 15 is 0 Å². The predicted octanol–water partition coefficient (Wildman–Crippen LogP) is 4.06. The third-order valence-corrected chi connectivity index (χ3v) is 4.97. The highest BCUT2D eigenvalue weighted by Gasteiger charge is 2.46. The average molecular weight is 324 g/mol. The maximum atomic E-state index is 13.3. The van der Waals surface area contributed by atoms with Crippen LogP contribution in [-0.4, -0.2) is 11.5 Å². The van der Waals surface area contributed by atoms with E-state index in [0.717, 1.165) is 11.1 Å². The van der Waals surface area contributed by atoms with E-state index in [2.05, 4.69) is 19.1 Å². The van der Waals surface area contributed by atoms with Gasteiger partial charge in [-0.25, -0.2) is 0 Å². The number of fused-ring (bicyclic) bond motifs is 1. The largest absolute Gasteiger partial charge is 0.475 e. The maximum absolute atomic E-state index is 13.3. The minimum absolute atomic E-state index is 0.0128. The van der Waals surface area contributed by atoms with Gasteiger partial charge in [0.25, 0.3) is 5.91 Å². The number of hydrogen-bond donors (Lipinski definition) is 1. The van der Waals surface area contributed by atoms with Gasteiger partial charge in [0.2, 0.25) is 0 Å². The summed E-state index contributed by atoms with van der Waals surface area (Å²) in [4.78, 5) is 15.1. The first kappa shape index (κ1) is 16.4. The molecule has 0 atom stereocenters. The fraction of sp³-hybridized carbons (Fsp3) is 0.350. The summed E-state index contributed by atoms with van der Waals surface area (Å²) in [6, 6.07) is 13.7. The minimum Gasteiger partial charge on any atom is -0.475 e. The maximum Gasteiger partial charge on any atom is 0.271 e. The summed E-state index contributed by atoms with van der Waals surface area (Å²) < 4.78 is 6.14. The lowest BCUT2D eigenvalue weighted by atomic mass is 9.92. The molecule has 1 amide bonds. The molecule has 1 heterocycles. The van der Waals surface area contributed by atoms with Crippen molar-refractivity contribution in [2.45, 2.75) is 45.8 Å². The van der Waals surface area contributed by atoms with Crippen LogP contribution in [0.15, 0.2) is 42.5 Å². The van der Waals surface area contributed by atoms with Gasteiger partial charge in [-0.1, -0.05) is 44.2 Å². The van der Waals surface area contributed by atoms with Crippen molar-refractivity contribution in [1.29, 1.82) is 0 Å². The van der Waals surface area contributed by atoms with Gasteiger partial charge in [-0.3, -0.25) is 9.69 Å². The highest BCUT2D eigenvalue weighted by Crippen LogP contribution is 2.44. The lowest BCUT2D eigenvalue weighted by Gasteiger charge is -2.42. The summed E-state index contributed by atoms with van der Waals surface area (Å²) in [5, 5.41) is 0. The Morgan fingerprint density at radius 1 is 1.08 bits per heavy atom. The summed E-state index contributed by atoms with van der Waals surface area (Å²) in [7, 11) is 0. The van der Waals surface area contributed by atoms with Crippen LogP contribution in [0.1, 0.15) is 37.8 Å². The topological polar surface area (TPSA) is 55.6 Å². The van der Waals surface area contributed by atoms with Crippen molar-refractivity contribution in [1.82, 2.24) is 0 Å². The molecule has 2 aromatic rings. The van der Waals surface area contributed by atoms with E-state index in [9.17, 15) is 4.79 Å². The monoisotopic (exact) mass is 324 g/mol. The van der Waals surface area contributed by atoms with Crippen LogP contribution < -0.4 is 15.4 Å². The predicted molar refractivity (Wildman–Crippen MR) is 97.2 cm³/mol. The third-order valence-electron chi connectivity index (χ3n) is 4.97. The molecule has 1 aliphatic heterocycles. The van der Waals surface area contributed by atoms with Gasteiger partial charge in [0, 0.05) is 0 Å². The molecule has 4 heteroatoms.